The molecule has 1 atom stereocenters. The van der Waals surface area contributed by atoms with Gasteiger partial charge < -0.3 is 19.1 Å². The summed E-state index contributed by atoms with van der Waals surface area (Å²) in [5.74, 6) is -3.26. The normalized spacial score (nSPS) is 15.2. The van der Waals surface area contributed by atoms with Crippen LogP contribution in [0.25, 0.3) is 22.4 Å². The van der Waals surface area contributed by atoms with Gasteiger partial charge >= 0.3 is 5.97 Å². The van der Waals surface area contributed by atoms with Crippen molar-refractivity contribution < 1.29 is 32.5 Å². The Balaban J connectivity index is 1.54. The minimum absolute atomic E-state index is 0.0352. The van der Waals surface area contributed by atoms with Crippen molar-refractivity contribution in [3.05, 3.63) is 77.1 Å². The predicted molar refractivity (Wildman–Crippen MR) is 150 cm³/mol. The summed E-state index contributed by atoms with van der Waals surface area (Å²) in [7, 11) is 0. The molecule has 41 heavy (non-hydrogen) atoms. The fourth-order valence-corrected chi connectivity index (χ4v) is 5.47. The maximum Gasteiger partial charge on any atom is 0.347 e. The highest BCUT2D eigenvalue weighted by Crippen LogP contribution is 2.39. The summed E-state index contributed by atoms with van der Waals surface area (Å²) < 4.78 is 57.3. The zero-order valence-electron chi connectivity index (χ0n) is 22.7. The lowest BCUT2D eigenvalue weighted by Gasteiger charge is -2.33. The van der Waals surface area contributed by atoms with Crippen LogP contribution in [-0.2, 0) is 4.79 Å². The second-order valence-electron chi connectivity index (χ2n) is 10.9. The summed E-state index contributed by atoms with van der Waals surface area (Å²) in [6.45, 7) is 2.77. The van der Waals surface area contributed by atoms with Crippen LogP contribution in [0.15, 0.2) is 54.6 Å². The number of ether oxygens (including phenoxy) is 2. The highest BCUT2D eigenvalue weighted by Gasteiger charge is 2.32. The second kappa shape index (κ2) is 11.6. The van der Waals surface area contributed by atoms with Crippen LogP contribution in [-0.4, -0.2) is 32.8 Å². The molecule has 10 heteroatoms. The van der Waals surface area contributed by atoms with Crippen molar-refractivity contribution in [1.82, 2.24) is 9.55 Å². The number of carboxylic acid groups (broad SMARTS) is 1. The van der Waals surface area contributed by atoms with Gasteiger partial charge in [0.25, 0.3) is 0 Å². The second-order valence-corrected chi connectivity index (χ2v) is 11.3. The molecule has 0 aliphatic heterocycles. The number of nitrogens with zero attached hydrogens (tertiary/aromatic N) is 2. The highest BCUT2D eigenvalue weighted by atomic mass is 35.5. The third-order valence-electron chi connectivity index (χ3n) is 7.56. The topological polar surface area (TPSA) is 73.6 Å². The minimum Gasteiger partial charge on any atom is -0.488 e. The summed E-state index contributed by atoms with van der Waals surface area (Å²) in [4.78, 5) is 16.1. The van der Waals surface area contributed by atoms with E-state index in [-0.39, 0.29) is 30.1 Å². The van der Waals surface area contributed by atoms with E-state index in [0.29, 0.717) is 27.4 Å². The van der Waals surface area contributed by atoms with Crippen molar-refractivity contribution in [2.75, 3.05) is 6.61 Å². The fourth-order valence-electron chi connectivity index (χ4n) is 5.34. The van der Waals surface area contributed by atoms with Gasteiger partial charge in [0.2, 0.25) is 0 Å². The van der Waals surface area contributed by atoms with Crippen molar-refractivity contribution in [1.29, 1.82) is 0 Å². The standard InChI is InChI=1S/C31H30ClF3N2O4/c1-31(2,30(38)39)41-21-12-13-28(24(35)14-21)40-17-27(18-6-4-3-5-7-18)37-26-16-23(34)22(33)15-25(26)36-29(37)19-8-10-20(32)11-9-19/h8-16,18,27H,3-7,17H2,1-2H3,(H,38,39). The van der Waals surface area contributed by atoms with Crippen LogP contribution in [0.5, 0.6) is 11.5 Å². The van der Waals surface area contributed by atoms with E-state index in [1.165, 1.54) is 26.0 Å². The molecule has 1 aliphatic rings. The monoisotopic (exact) mass is 586 g/mol. The number of hydrogen-bond donors (Lipinski definition) is 1. The molecule has 1 fully saturated rings. The molecule has 1 N–H and O–H groups in total. The molecule has 0 radical (unpaired) electrons. The molecule has 0 bridgehead atoms. The van der Waals surface area contributed by atoms with Gasteiger partial charge in [0.1, 0.15) is 18.2 Å². The van der Waals surface area contributed by atoms with Crippen LogP contribution in [0.4, 0.5) is 13.2 Å². The average molecular weight is 587 g/mol. The fraction of sp³-hybridized carbons (Fsp3) is 0.355. The summed E-state index contributed by atoms with van der Waals surface area (Å²) in [5, 5.41) is 9.85. The van der Waals surface area contributed by atoms with Gasteiger partial charge in [-0.15, -0.1) is 0 Å². The number of fused-ring (bicyclic) bond motifs is 1. The van der Waals surface area contributed by atoms with Crippen LogP contribution in [0, 0.1) is 23.4 Å². The number of halogens is 4. The SMILES string of the molecule is CC(C)(Oc1ccc(OCC(C2CCCCC2)n2c(-c3ccc(Cl)cc3)nc3cc(F)c(F)cc32)c(F)c1)C(=O)O. The van der Waals surface area contributed by atoms with Gasteiger partial charge in [-0.1, -0.05) is 30.9 Å². The third-order valence-corrected chi connectivity index (χ3v) is 7.81. The maximum absolute atomic E-state index is 15.1. The first kappa shape index (κ1) is 28.8. The van der Waals surface area contributed by atoms with Crippen molar-refractivity contribution in [2.45, 2.75) is 57.6 Å². The molecular formula is C31H30ClF3N2O4. The summed E-state index contributed by atoms with van der Waals surface area (Å²) in [5.41, 5.74) is -0.131. The maximum atomic E-state index is 15.1. The zero-order valence-corrected chi connectivity index (χ0v) is 23.4. The van der Waals surface area contributed by atoms with E-state index in [1.807, 2.05) is 4.57 Å². The lowest BCUT2D eigenvalue weighted by molar-refractivity contribution is -0.152. The third kappa shape index (κ3) is 6.15. The molecule has 5 rings (SSSR count). The molecule has 0 spiro atoms. The number of imidazole rings is 1. The molecule has 1 aliphatic carbocycles. The van der Waals surface area contributed by atoms with Crippen LogP contribution >= 0.6 is 11.6 Å². The van der Waals surface area contributed by atoms with Gasteiger partial charge in [0.05, 0.1) is 17.1 Å². The smallest absolute Gasteiger partial charge is 0.347 e. The quantitative estimate of drug-likeness (QED) is 0.214. The van der Waals surface area contributed by atoms with Crippen LogP contribution < -0.4 is 9.47 Å². The Labute approximate surface area is 240 Å². The first-order valence-corrected chi connectivity index (χ1v) is 13.9. The first-order valence-electron chi connectivity index (χ1n) is 13.5. The summed E-state index contributed by atoms with van der Waals surface area (Å²) in [6.07, 6.45) is 4.88. The van der Waals surface area contributed by atoms with E-state index in [4.69, 9.17) is 21.1 Å². The molecule has 0 amide bonds. The van der Waals surface area contributed by atoms with E-state index < -0.39 is 29.0 Å². The number of aliphatic carboxylic acids is 1. The Morgan fingerprint density at radius 1 is 1.02 bits per heavy atom. The number of aromatic nitrogens is 2. The Hall–Kier alpha value is -3.72. The molecule has 6 nitrogen and oxygen atoms in total. The zero-order chi connectivity index (χ0) is 29.3. The summed E-state index contributed by atoms with van der Waals surface area (Å²) in [6, 6.07) is 12.8. The Kier molecular flexibility index (Phi) is 8.18. The molecule has 3 aromatic carbocycles. The Bertz CT molecular complexity index is 1570. The van der Waals surface area contributed by atoms with Crippen molar-refractivity contribution in [3.63, 3.8) is 0 Å². The Morgan fingerprint density at radius 3 is 2.37 bits per heavy atom. The van der Waals surface area contributed by atoms with Crippen molar-refractivity contribution in [2.24, 2.45) is 5.92 Å². The van der Waals surface area contributed by atoms with Gasteiger partial charge in [-0.3, -0.25) is 0 Å². The molecule has 1 unspecified atom stereocenters. The molecule has 1 aromatic heterocycles. The van der Waals surface area contributed by atoms with Crippen LogP contribution in [0.1, 0.15) is 52.0 Å². The number of rotatable bonds is 9. The lowest BCUT2D eigenvalue weighted by atomic mass is 9.83. The first-order chi connectivity index (χ1) is 19.5. The number of carboxylic acids is 1. The van der Waals surface area contributed by atoms with E-state index in [0.717, 1.165) is 50.3 Å². The van der Waals surface area contributed by atoms with E-state index in [1.54, 1.807) is 24.3 Å². The van der Waals surface area contributed by atoms with Crippen molar-refractivity contribution >= 4 is 28.6 Å². The summed E-state index contributed by atoms with van der Waals surface area (Å²) >= 11 is 6.12. The Morgan fingerprint density at radius 2 is 1.71 bits per heavy atom. The van der Waals surface area contributed by atoms with E-state index >= 15 is 4.39 Å². The van der Waals surface area contributed by atoms with Crippen LogP contribution in [0.3, 0.4) is 0 Å². The molecular weight excluding hydrogens is 557 g/mol. The van der Waals surface area contributed by atoms with Gasteiger partial charge in [-0.2, -0.15) is 0 Å². The largest absolute Gasteiger partial charge is 0.488 e. The highest BCUT2D eigenvalue weighted by molar-refractivity contribution is 6.30. The number of carbonyl (C=O) groups is 1. The molecule has 4 aromatic rings. The molecule has 1 saturated carbocycles. The van der Waals surface area contributed by atoms with Gasteiger partial charge in [0, 0.05) is 28.8 Å². The number of hydrogen-bond acceptors (Lipinski definition) is 4. The number of benzene rings is 3. The lowest BCUT2D eigenvalue weighted by Crippen LogP contribution is -2.37. The molecule has 0 saturated heterocycles. The molecule has 1 heterocycles. The predicted octanol–water partition coefficient (Wildman–Crippen LogP) is 8.22. The van der Waals surface area contributed by atoms with Gasteiger partial charge in [0.15, 0.2) is 28.8 Å². The minimum atomic E-state index is -1.55. The van der Waals surface area contributed by atoms with Crippen LogP contribution in [0.2, 0.25) is 5.02 Å². The van der Waals surface area contributed by atoms with Gasteiger partial charge in [-0.25, -0.2) is 22.9 Å². The van der Waals surface area contributed by atoms with E-state index in [2.05, 4.69) is 4.98 Å². The van der Waals surface area contributed by atoms with Crippen molar-refractivity contribution in [3.8, 4) is 22.9 Å². The van der Waals surface area contributed by atoms with Gasteiger partial charge in [-0.05, 0) is 69.0 Å². The molecule has 216 valence electrons. The van der Waals surface area contributed by atoms with E-state index in [9.17, 15) is 18.7 Å². The average Bonchev–Trinajstić information content (AvgIpc) is 3.28.